The van der Waals surface area contributed by atoms with E-state index in [0.29, 0.717) is 0 Å². The molecule has 3 nitrogen and oxygen atoms in total. The van der Waals surface area contributed by atoms with Crippen molar-refractivity contribution < 1.29 is 4.79 Å². The highest BCUT2D eigenvalue weighted by Gasteiger charge is 2.39. The molecule has 5 heteroatoms. The van der Waals surface area contributed by atoms with Gasteiger partial charge in [-0.15, -0.1) is 12.4 Å². The van der Waals surface area contributed by atoms with E-state index in [9.17, 15) is 4.79 Å². The van der Waals surface area contributed by atoms with Crippen molar-refractivity contribution in [3.05, 3.63) is 34.3 Å². The molecule has 1 heterocycles. The van der Waals surface area contributed by atoms with Crippen molar-refractivity contribution in [2.45, 2.75) is 31.1 Å². The van der Waals surface area contributed by atoms with Crippen LogP contribution in [0.25, 0.3) is 0 Å². The molecule has 1 unspecified atom stereocenters. The van der Waals surface area contributed by atoms with Crippen molar-refractivity contribution in [3.63, 3.8) is 0 Å². The molecular formula is C16H22BrClN2O. The standard InChI is InChI=1S/C16H21BrN2O.ClH/c17-14-4-1-3-13(9-14)16(6-2-7-16)11-19-15(20)12-5-8-18-10-12;/h1,3-4,9,12,18H,2,5-8,10-11H2,(H,19,20);1H. The van der Waals surface area contributed by atoms with E-state index >= 15 is 0 Å². The minimum Gasteiger partial charge on any atom is -0.355 e. The summed E-state index contributed by atoms with van der Waals surface area (Å²) in [5.41, 5.74) is 1.51. The highest BCUT2D eigenvalue weighted by molar-refractivity contribution is 9.10. The topological polar surface area (TPSA) is 41.1 Å². The predicted molar refractivity (Wildman–Crippen MR) is 90.9 cm³/mol. The van der Waals surface area contributed by atoms with Gasteiger partial charge in [-0.3, -0.25) is 4.79 Å². The van der Waals surface area contributed by atoms with Crippen LogP contribution in [0.15, 0.2) is 28.7 Å². The second kappa shape index (κ2) is 7.12. The molecule has 0 bridgehead atoms. The maximum Gasteiger partial charge on any atom is 0.224 e. The zero-order chi connectivity index (χ0) is 14.0. The molecule has 0 radical (unpaired) electrons. The number of carbonyl (C=O) groups excluding carboxylic acids is 1. The highest BCUT2D eigenvalue weighted by Crippen LogP contribution is 2.43. The number of amides is 1. The van der Waals surface area contributed by atoms with E-state index < -0.39 is 0 Å². The average Bonchev–Trinajstić information content (AvgIpc) is 2.91. The second-order valence-corrected chi connectivity index (χ2v) is 6.97. The summed E-state index contributed by atoms with van der Waals surface area (Å²) < 4.78 is 1.12. The van der Waals surface area contributed by atoms with E-state index in [1.165, 1.54) is 24.8 Å². The van der Waals surface area contributed by atoms with Gasteiger partial charge in [0, 0.05) is 23.0 Å². The summed E-state index contributed by atoms with van der Waals surface area (Å²) in [6.07, 6.45) is 4.57. The summed E-state index contributed by atoms with van der Waals surface area (Å²) >= 11 is 3.55. The van der Waals surface area contributed by atoms with Crippen LogP contribution in [0.4, 0.5) is 0 Å². The molecule has 2 aliphatic rings. The lowest BCUT2D eigenvalue weighted by molar-refractivity contribution is -0.124. The van der Waals surface area contributed by atoms with Crippen LogP contribution in [-0.4, -0.2) is 25.5 Å². The van der Waals surface area contributed by atoms with Crippen LogP contribution >= 0.6 is 28.3 Å². The van der Waals surface area contributed by atoms with Crippen LogP contribution in [0.2, 0.25) is 0 Å². The Balaban J connectivity index is 0.00000161. The molecule has 1 aliphatic carbocycles. The smallest absolute Gasteiger partial charge is 0.224 e. The zero-order valence-corrected chi connectivity index (χ0v) is 14.4. The van der Waals surface area contributed by atoms with Gasteiger partial charge >= 0.3 is 0 Å². The molecule has 1 atom stereocenters. The summed E-state index contributed by atoms with van der Waals surface area (Å²) in [6, 6.07) is 8.52. The Hall–Kier alpha value is -0.580. The van der Waals surface area contributed by atoms with Gasteiger partial charge in [-0.1, -0.05) is 34.5 Å². The summed E-state index contributed by atoms with van der Waals surface area (Å²) in [7, 11) is 0. The number of hydrogen-bond donors (Lipinski definition) is 2. The lowest BCUT2D eigenvalue weighted by Crippen LogP contribution is -2.47. The number of benzene rings is 1. The first-order valence-corrected chi connectivity index (χ1v) is 8.23. The van der Waals surface area contributed by atoms with E-state index in [0.717, 1.165) is 30.5 Å². The molecule has 1 aromatic rings. The molecule has 1 aromatic carbocycles. The third kappa shape index (κ3) is 3.61. The lowest BCUT2D eigenvalue weighted by Gasteiger charge is -2.43. The van der Waals surface area contributed by atoms with E-state index in [-0.39, 0.29) is 29.6 Å². The Morgan fingerprint density at radius 2 is 2.24 bits per heavy atom. The average molecular weight is 374 g/mol. The monoisotopic (exact) mass is 372 g/mol. The SMILES string of the molecule is Cl.O=C(NCC1(c2cccc(Br)c2)CCC1)C1CCNC1. The molecule has 1 saturated heterocycles. The van der Waals surface area contributed by atoms with E-state index in [4.69, 9.17) is 0 Å². The van der Waals surface area contributed by atoms with Crippen molar-refractivity contribution in [1.29, 1.82) is 0 Å². The Bertz CT molecular complexity index is 499. The van der Waals surface area contributed by atoms with E-state index in [2.05, 4.69) is 50.8 Å². The van der Waals surface area contributed by atoms with Crippen LogP contribution in [0.5, 0.6) is 0 Å². The normalized spacial score (nSPS) is 23.0. The maximum atomic E-state index is 12.2. The van der Waals surface area contributed by atoms with Crippen LogP contribution in [0, 0.1) is 5.92 Å². The quantitative estimate of drug-likeness (QED) is 0.852. The van der Waals surface area contributed by atoms with Gasteiger partial charge in [0.05, 0.1) is 5.92 Å². The molecule has 2 N–H and O–H groups in total. The zero-order valence-electron chi connectivity index (χ0n) is 12.0. The van der Waals surface area contributed by atoms with Gasteiger partial charge in [-0.05, 0) is 43.5 Å². The molecule has 2 fully saturated rings. The first-order valence-electron chi connectivity index (χ1n) is 7.44. The fraction of sp³-hybridized carbons (Fsp3) is 0.562. The first-order chi connectivity index (χ1) is 9.70. The molecular weight excluding hydrogens is 352 g/mol. The molecule has 0 aromatic heterocycles. The van der Waals surface area contributed by atoms with Crippen LogP contribution in [-0.2, 0) is 10.2 Å². The summed E-state index contributed by atoms with van der Waals surface area (Å²) in [6.45, 7) is 2.57. The van der Waals surface area contributed by atoms with Gasteiger partial charge in [-0.2, -0.15) is 0 Å². The van der Waals surface area contributed by atoms with E-state index in [1.807, 2.05) is 0 Å². The lowest BCUT2D eigenvalue weighted by atomic mass is 9.64. The summed E-state index contributed by atoms with van der Waals surface area (Å²) in [5.74, 6) is 0.380. The molecule has 3 rings (SSSR count). The number of hydrogen-bond acceptors (Lipinski definition) is 2. The minimum atomic E-state index is 0. The van der Waals surface area contributed by atoms with Crippen molar-refractivity contribution >= 4 is 34.2 Å². The number of rotatable bonds is 4. The number of halogens is 2. The third-order valence-electron chi connectivity index (χ3n) is 4.78. The fourth-order valence-corrected chi connectivity index (χ4v) is 3.67. The largest absolute Gasteiger partial charge is 0.355 e. The van der Waals surface area contributed by atoms with Crippen LogP contribution in [0.3, 0.4) is 0 Å². The van der Waals surface area contributed by atoms with Gasteiger partial charge in [0.2, 0.25) is 5.91 Å². The second-order valence-electron chi connectivity index (χ2n) is 6.05. The summed E-state index contributed by atoms with van der Waals surface area (Å²) in [4.78, 5) is 12.2. The molecule has 116 valence electrons. The minimum absolute atomic E-state index is 0. The molecule has 21 heavy (non-hydrogen) atoms. The first kappa shape index (κ1) is 16.8. The Morgan fingerprint density at radius 3 is 2.81 bits per heavy atom. The molecule has 0 spiro atoms. The van der Waals surface area contributed by atoms with Gasteiger partial charge in [-0.25, -0.2) is 0 Å². The predicted octanol–water partition coefficient (Wildman–Crippen LogP) is 3.02. The number of carbonyl (C=O) groups is 1. The van der Waals surface area contributed by atoms with Gasteiger partial charge in [0.1, 0.15) is 0 Å². The Morgan fingerprint density at radius 1 is 1.43 bits per heavy atom. The van der Waals surface area contributed by atoms with E-state index in [1.54, 1.807) is 0 Å². The Kier molecular flexibility index (Phi) is 5.69. The van der Waals surface area contributed by atoms with Crippen molar-refractivity contribution in [2.24, 2.45) is 5.92 Å². The third-order valence-corrected chi connectivity index (χ3v) is 5.27. The van der Waals surface area contributed by atoms with Crippen LogP contribution < -0.4 is 10.6 Å². The van der Waals surface area contributed by atoms with Crippen LogP contribution in [0.1, 0.15) is 31.2 Å². The van der Waals surface area contributed by atoms with Crippen molar-refractivity contribution in [1.82, 2.24) is 10.6 Å². The maximum absolute atomic E-state index is 12.2. The molecule has 1 saturated carbocycles. The number of nitrogens with one attached hydrogen (secondary N) is 2. The molecule has 1 amide bonds. The fourth-order valence-electron chi connectivity index (χ4n) is 3.27. The van der Waals surface area contributed by atoms with Gasteiger partial charge in [0.15, 0.2) is 0 Å². The highest BCUT2D eigenvalue weighted by atomic mass is 79.9. The summed E-state index contributed by atoms with van der Waals surface area (Å²) in [5, 5.41) is 6.44. The van der Waals surface area contributed by atoms with Gasteiger partial charge < -0.3 is 10.6 Å². The van der Waals surface area contributed by atoms with Crippen molar-refractivity contribution in [3.8, 4) is 0 Å². The van der Waals surface area contributed by atoms with Crippen molar-refractivity contribution in [2.75, 3.05) is 19.6 Å². The Labute approximate surface area is 140 Å². The van der Waals surface area contributed by atoms with Gasteiger partial charge in [0.25, 0.3) is 0 Å². The molecule has 1 aliphatic heterocycles.